The van der Waals surface area contributed by atoms with Crippen LogP contribution in [0.2, 0.25) is 13.1 Å². The summed E-state index contributed by atoms with van der Waals surface area (Å²) in [4.78, 5) is 0. The predicted molar refractivity (Wildman–Crippen MR) is 520 cm³/mol. The Kier molecular flexibility index (Phi) is 84.9. The molecule has 0 saturated heterocycles. The van der Waals surface area contributed by atoms with E-state index in [2.05, 4.69) is 42.9 Å². The van der Waals surface area contributed by atoms with Gasteiger partial charge < -0.3 is 106 Å². The Morgan fingerprint density at radius 3 is 0.574 bits per heavy atom. The lowest BCUT2D eigenvalue weighted by Crippen LogP contribution is -2.66. The maximum Gasteiger partial charge on any atom is 0.679 e. The molecule has 122 heavy (non-hydrogen) atoms. The first-order chi connectivity index (χ1) is 57.1. The molecular weight excluding hydrogens is 1690 g/mol. The number of hydrogen-bond donors (Lipinski definition) is 0. The van der Waals surface area contributed by atoms with Crippen molar-refractivity contribution < 1.29 is 106 Å². The lowest BCUT2D eigenvalue weighted by Gasteiger charge is -2.37. The van der Waals surface area contributed by atoms with Crippen LogP contribution in [0.5, 0.6) is 0 Å². The molecule has 1 unspecified atom stereocenters. The lowest BCUT2D eigenvalue weighted by molar-refractivity contribution is -0.0249. The van der Waals surface area contributed by atoms with Crippen LogP contribution in [0.15, 0.2) is 182 Å². The zero-order valence-electron chi connectivity index (χ0n) is 77.1. The molecule has 0 radical (unpaired) electrons. The molecule has 0 aromatic heterocycles. The van der Waals surface area contributed by atoms with Crippen molar-refractivity contribution in [3.8, 4) is 0 Å². The first-order valence-corrected chi connectivity index (χ1v) is 57.6. The Labute approximate surface area is 752 Å². The Hall–Kier alpha value is -3.90. The van der Waals surface area contributed by atoms with Gasteiger partial charge in [-0.2, -0.15) is 0 Å². The first-order valence-electron chi connectivity index (χ1n) is 42.8. The van der Waals surface area contributed by atoms with Gasteiger partial charge in [0.05, 0.1) is 0 Å². The van der Waals surface area contributed by atoms with Gasteiger partial charge in [0, 0.05) is 181 Å². The fraction of sp³-hybridized carbons (Fsp3) is 0.600. The van der Waals surface area contributed by atoms with Crippen molar-refractivity contribution in [2.75, 3.05) is 159 Å². The second kappa shape index (κ2) is 80.4. The molecule has 0 saturated carbocycles. The van der Waals surface area contributed by atoms with Crippen molar-refractivity contribution in [3.63, 3.8) is 0 Å². The topological polar surface area (TPSA) is 222 Å². The van der Waals surface area contributed by atoms with E-state index in [1.807, 2.05) is 318 Å². The summed E-state index contributed by atoms with van der Waals surface area (Å²) in [5, 5.41) is 6.25. The van der Waals surface area contributed by atoms with Crippen molar-refractivity contribution in [2.45, 2.75) is 209 Å². The molecule has 0 amide bonds. The predicted octanol–water partition coefficient (Wildman–Crippen LogP) is 17.5. The zero-order valence-corrected chi connectivity index (χ0v) is 85.1. The Morgan fingerprint density at radius 2 is 0.361 bits per heavy atom. The minimum absolute atomic E-state index is 0. The molecule has 24 nitrogen and oxygen atoms in total. The molecule has 6 rings (SSSR count). The Bertz CT molecular complexity index is 3000. The van der Waals surface area contributed by atoms with Crippen LogP contribution in [-0.4, -0.2) is 229 Å². The summed E-state index contributed by atoms with van der Waals surface area (Å²) in [6, 6.07) is 60.4. The molecule has 0 aliphatic carbocycles. The average molecular weight is 1860 g/mol. The molecule has 32 heteroatoms. The molecule has 1 atom stereocenters. The van der Waals surface area contributed by atoms with Crippen LogP contribution in [0.25, 0.3) is 0 Å². The monoisotopic (exact) mass is 1860 g/mol. The van der Waals surface area contributed by atoms with Crippen molar-refractivity contribution in [2.24, 2.45) is 0 Å². The fourth-order valence-corrected chi connectivity index (χ4v) is 33.6. The molecule has 708 valence electrons. The standard InChI is InChI=1S/C19H28O4Si2.C16H30O6Si2.C16H20O2Si.C12H20O3Si.C8H20O4Si.C7H18O3Si.2C4H10O.4CH4/c1-5-20-24(4,18-14-10-8-11-15-18)23-25(21-6-2,22-7-3)19-16-12-9-13-17-19;1-6-17-23(18-7-2,16-14-12-11-13-15-16)22-24(19-8-3,20-9-4)21-10-5;1-3-17-19(18-4-2,15-11-7-5-8-12-15)16-13-9-6-10-14-16;1-4-13-16(14-5-2,15-6-3)12-10-8-7-9-11-12;1-5-9-13(10-6-2,11-7-3)12-8-4;1-5-8-11(4,9-6-2)10-7-3;2*1-3-5-4-2;;;;/h8-17H,5-7H2,1-4H3;11-15H,6-10H2,1-5H3;5-14H,3-4H2,1-2H3;7-11H,4-6H2,1-3H3;5-8H2,1-4H3;5-7H2,1-4H3;2*3-4H2,1-2H3;4*1H4. The average Bonchev–Trinajstić information content (AvgIpc) is 0.781. The normalized spacial score (nSPS) is 11.8. The van der Waals surface area contributed by atoms with E-state index in [0.29, 0.717) is 132 Å². The Morgan fingerprint density at radius 1 is 0.172 bits per heavy atom. The summed E-state index contributed by atoms with van der Waals surface area (Å²) in [7, 11) is -22.7. The highest BCUT2D eigenvalue weighted by Gasteiger charge is 2.58. The fourth-order valence-electron chi connectivity index (χ4n) is 11.2. The second-order valence-electron chi connectivity index (χ2n) is 23.7. The summed E-state index contributed by atoms with van der Waals surface area (Å²) in [5.41, 5.74) is 0. The smallest absolute Gasteiger partial charge is 0.392 e. The summed E-state index contributed by atoms with van der Waals surface area (Å²) < 4.78 is 138. The third kappa shape index (κ3) is 49.6. The highest BCUT2D eigenvalue weighted by Crippen LogP contribution is 2.24. The van der Waals surface area contributed by atoms with Crippen LogP contribution in [0.3, 0.4) is 0 Å². The lowest BCUT2D eigenvalue weighted by atomic mass is 10.4. The molecule has 0 aliphatic rings. The number of benzene rings is 6. The van der Waals surface area contributed by atoms with E-state index in [9.17, 15) is 0 Å². The molecule has 0 fully saturated rings. The maximum absolute atomic E-state index is 6.73. The van der Waals surface area contributed by atoms with E-state index in [1.165, 1.54) is 0 Å². The van der Waals surface area contributed by atoms with Crippen LogP contribution < -0.4 is 31.1 Å². The van der Waals surface area contributed by atoms with E-state index in [-0.39, 0.29) is 29.7 Å². The highest BCUT2D eigenvalue weighted by molar-refractivity contribution is 6.92. The van der Waals surface area contributed by atoms with Crippen LogP contribution in [-0.2, 0) is 106 Å². The third-order valence-corrected chi connectivity index (χ3v) is 40.6. The summed E-state index contributed by atoms with van der Waals surface area (Å²) in [5.74, 6) is 0. The van der Waals surface area contributed by atoms with Gasteiger partial charge in [-0.15, -0.1) is 0 Å². The second-order valence-corrected chi connectivity index (χ2v) is 44.8. The van der Waals surface area contributed by atoms with Gasteiger partial charge >= 0.3 is 70.4 Å². The van der Waals surface area contributed by atoms with Gasteiger partial charge in [0.15, 0.2) is 0 Å². The number of ether oxygens (including phenoxy) is 2. The molecule has 0 N–H and O–H groups in total. The van der Waals surface area contributed by atoms with Gasteiger partial charge in [-0.25, -0.2) is 0 Å². The van der Waals surface area contributed by atoms with Crippen molar-refractivity contribution in [3.05, 3.63) is 182 Å². The van der Waals surface area contributed by atoms with Gasteiger partial charge in [-0.05, 0) is 188 Å². The maximum atomic E-state index is 6.73. The Balaban J connectivity index is -0.000000327. The SMILES string of the molecule is C.C.C.C.CCOCC.CCOCC.CCO[Si](C)(OCC)OCC.CCO[Si](C)(O[Si](OCC)(OCC)c1ccccc1)c1ccccc1.CCO[Si](OCC)(OCC)OCC.CCO[Si](OCC)(OCC)O[Si](OCC)(OCC)c1ccccc1.CCO[Si](OCC)(OCC)c1ccccc1.CCO[Si](OCC)(c1ccccc1)c1ccccc1. The summed E-state index contributed by atoms with van der Waals surface area (Å²) in [6.45, 7) is 65.1. The molecule has 0 spiro atoms. The number of rotatable bonds is 54. The summed E-state index contributed by atoms with van der Waals surface area (Å²) in [6.07, 6.45) is 0. The highest BCUT2D eigenvalue weighted by atomic mass is 28.5. The van der Waals surface area contributed by atoms with Crippen molar-refractivity contribution in [1.82, 2.24) is 0 Å². The largest absolute Gasteiger partial charge is 0.679 e. The number of hydrogen-bond acceptors (Lipinski definition) is 24. The van der Waals surface area contributed by atoms with Crippen LogP contribution in [0.4, 0.5) is 0 Å². The van der Waals surface area contributed by atoms with Gasteiger partial charge in [0.25, 0.3) is 0 Å². The zero-order chi connectivity index (χ0) is 88.6. The molecule has 6 aromatic rings. The minimum atomic E-state index is -3.38. The third-order valence-electron chi connectivity index (χ3n) is 15.3. The van der Waals surface area contributed by atoms with Crippen LogP contribution in [0, 0.1) is 0 Å². The summed E-state index contributed by atoms with van der Waals surface area (Å²) >= 11 is 0. The van der Waals surface area contributed by atoms with Crippen LogP contribution >= 0.6 is 0 Å². The van der Waals surface area contributed by atoms with Gasteiger partial charge in [-0.3, -0.25) is 0 Å². The van der Waals surface area contributed by atoms with Crippen molar-refractivity contribution in [1.29, 1.82) is 0 Å². The molecular formula is C90H172O24Si8. The van der Waals surface area contributed by atoms with Gasteiger partial charge in [0.2, 0.25) is 0 Å². The molecule has 0 bridgehead atoms. The van der Waals surface area contributed by atoms with E-state index >= 15 is 0 Å². The van der Waals surface area contributed by atoms with Gasteiger partial charge in [-0.1, -0.05) is 212 Å². The minimum Gasteiger partial charge on any atom is -0.392 e. The van der Waals surface area contributed by atoms with E-state index in [4.69, 9.17) is 106 Å². The van der Waals surface area contributed by atoms with Crippen molar-refractivity contribution >= 4 is 102 Å². The molecule has 0 heterocycles. The first kappa shape index (κ1) is 129. The van der Waals surface area contributed by atoms with E-state index in [0.717, 1.165) is 57.5 Å². The van der Waals surface area contributed by atoms with Gasteiger partial charge in [0.1, 0.15) is 0 Å². The van der Waals surface area contributed by atoms with E-state index in [1.54, 1.807) is 0 Å². The quantitative estimate of drug-likeness (QED) is 0.0324. The van der Waals surface area contributed by atoms with Crippen LogP contribution in [0.1, 0.15) is 196 Å². The molecule has 6 aromatic carbocycles. The van der Waals surface area contributed by atoms with E-state index < -0.39 is 70.4 Å². The molecule has 0 aliphatic heterocycles.